The number of aromatic amines is 1. The number of rotatable bonds is 6. The first kappa shape index (κ1) is 15.0. The fraction of sp³-hybridized carbons (Fsp3) is 0.429. The molecule has 5 heteroatoms. The van der Waals surface area contributed by atoms with Gasteiger partial charge in [0.15, 0.2) is 0 Å². The predicted octanol–water partition coefficient (Wildman–Crippen LogP) is 1.78. The first-order valence-corrected chi connectivity index (χ1v) is 5.98. The first-order valence-electron chi connectivity index (χ1n) is 5.98. The molecule has 0 aliphatic carbocycles. The summed E-state index contributed by atoms with van der Waals surface area (Å²) in [5, 5.41) is 0. The maximum absolute atomic E-state index is 12.1. The molecule has 1 aromatic rings. The minimum atomic E-state index is -0.186. The van der Waals surface area contributed by atoms with Gasteiger partial charge in [-0.25, -0.2) is 0 Å². The molecular formula is C14H19NO4. The maximum Gasteiger partial charge on any atom is 0.238 e. The topological polar surface area (TPSA) is 68.4 Å². The molecule has 1 heterocycles. The Morgan fingerprint density at radius 2 is 2.00 bits per heavy atom. The summed E-state index contributed by atoms with van der Waals surface area (Å²) < 4.78 is 10.1. The lowest BCUT2D eigenvalue weighted by molar-refractivity contribution is -0.107. The van der Waals surface area contributed by atoms with E-state index in [1.807, 2.05) is 13.0 Å². The van der Waals surface area contributed by atoms with E-state index < -0.39 is 0 Å². The van der Waals surface area contributed by atoms with E-state index in [0.29, 0.717) is 24.3 Å². The van der Waals surface area contributed by atoms with Gasteiger partial charge in [0.05, 0.1) is 14.2 Å². The third-order valence-electron chi connectivity index (χ3n) is 2.94. The fourth-order valence-corrected chi connectivity index (χ4v) is 1.72. The summed E-state index contributed by atoms with van der Waals surface area (Å²) in [5.74, 6) is 0.492. The number of hydrogen-bond acceptors (Lipinski definition) is 4. The van der Waals surface area contributed by atoms with Gasteiger partial charge in [-0.2, -0.15) is 0 Å². The highest BCUT2D eigenvalue weighted by molar-refractivity contribution is 5.54. The van der Waals surface area contributed by atoms with E-state index in [9.17, 15) is 9.59 Å². The van der Waals surface area contributed by atoms with Gasteiger partial charge in [-0.3, -0.25) is 4.79 Å². The van der Waals surface area contributed by atoms with Crippen molar-refractivity contribution in [2.24, 2.45) is 0 Å². The largest absolute Gasteiger partial charge is 0.488 e. The summed E-state index contributed by atoms with van der Waals surface area (Å²) in [7, 11) is 2.90. The quantitative estimate of drug-likeness (QED) is 0.629. The minimum absolute atomic E-state index is 0.178. The Labute approximate surface area is 112 Å². The molecule has 0 spiro atoms. The van der Waals surface area contributed by atoms with Crippen LogP contribution in [0.25, 0.3) is 0 Å². The second-order valence-electron chi connectivity index (χ2n) is 4.25. The number of nitrogens with one attached hydrogen (secondary N) is 1. The van der Waals surface area contributed by atoms with Crippen molar-refractivity contribution in [1.29, 1.82) is 0 Å². The zero-order chi connectivity index (χ0) is 14.4. The van der Waals surface area contributed by atoms with E-state index in [2.05, 4.69) is 4.98 Å². The number of H-pyrrole nitrogens is 1. The van der Waals surface area contributed by atoms with E-state index in [1.165, 1.54) is 14.2 Å². The molecule has 0 aromatic carbocycles. The lowest BCUT2D eigenvalue weighted by Crippen LogP contribution is -2.15. The van der Waals surface area contributed by atoms with Gasteiger partial charge in [-0.1, -0.05) is 11.6 Å². The molecule has 0 saturated carbocycles. The van der Waals surface area contributed by atoms with Crippen LogP contribution in [-0.4, -0.2) is 25.5 Å². The Balaban J connectivity index is 3.16. The van der Waals surface area contributed by atoms with E-state index in [0.717, 1.165) is 17.6 Å². The highest BCUT2D eigenvalue weighted by Gasteiger charge is 2.14. The average Bonchev–Trinajstić information content (AvgIpc) is 2.40. The van der Waals surface area contributed by atoms with Gasteiger partial charge in [-0.15, -0.1) is 0 Å². The van der Waals surface area contributed by atoms with Crippen molar-refractivity contribution in [2.75, 3.05) is 14.2 Å². The zero-order valence-corrected chi connectivity index (χ0v) is 11.7. The molecule has 1 N–H and O–H groups in total. The number of aldehydes is 1. The first-order chi connectivity index (χ1) is 9.04. The number of allylic oxidation sites excluding steroid dienone is 2. The summed E-state index contributed by atoms with van der Waals surface area (Å²) in [4.78, 5) is 25.5. The van der Waals surface area contributed by atoms with Crippen LogP contribution in [0.1, 0.15) is 24.6 Å². The SMILES string of the molecule is COc1[nH]c(C/C=C(\C)CC=O)c(C)c(=O)c1OC. The normalized spacial score (nSPS) is 11.3. The van der Waals surface area contributed by atoms with Crippen molar-refractivity contribution in [3.8, 4) is 11.6 Å². The van der Waals surface area contributed by atoms with Gasteiger partial charge >= 0.3 is 0 Å². The standard InChI is InChI=1S/C14H19NO4/c1-9(7-8-16)5-6-11-10(2)12(17)13(18-3)14(15-11)19-4/h5,8H,6-7H2,1-4H3,(H,15,17)/b9-5+. The third kappa shape index (κ3) is 3.47. The summed E-state index contributed by atoms with van der Waals surface area (Å²) in [6, 6.07) is 0. The number of pyridine rings is 1. The zero-order valence-electron chi connectivity index (χ0n) is 11.7. The van der Waals surface area contributed by atoms with Gasteiger partial charge < -0.3 is 19.3 Å². The number of carbonyl (C=O) groups is 1. The number of aromatic nitrogens is 1. The van der Waals surface area contributed by atoms with Crippen molar-refractivity contribution >= 4 is 6.29 Å². The van der Waals surface area contributed by atoms with Gasteiger partial charge in [-0.05, 0) is 13.8 Å². The summed E-state index contributed by atoms with van der Waals surface area (Å²) in [5.41, 5.74) is 2.13. The van der Waals surface area contributed by atoms with Crippen LogP contribution in [-0.2, 0) is 11.2 Å². The molecule has 0 fully saturated rings. The van der Waals surface area contributed by atoms with Crippen LogP contribution in [0.4, 0.5) is 0 Å². The average molecular weight is 265 g/mol. The van der Waals surface area contributed by atoms with Gasteiger partial charge in [0.25, 0.3) is 0 Å². The molecule has 104 valence electrons. The van der Waals surface area contributed by atoms with E-state index in [-0.39, 0.29) is 11.2 Å². The Hall–Kier alpha value is -2.04. The molecule has 0 unspecified atom stereocenters. The van der Waals surface area contributed by atoms with Gasteiger partial charge in [0, 0.05) is 24.1 Å². The highest BCUT2D eigenvalue weighted by atomic mass is 16.5. The molecule has 19 heavy (non-hydrogen) atoms. The van der Waals surface area contributed by atoms with Crippen LogP contribution in [0.2, 0.25) is 0 Å². The van der Waals surface area contributed by atoms with Crippen molar-refractivity contribution in [1.82, 2.24) is 4.98 Å². The molecule has 0 atom stereocenters. The molecule has 0 aliphatic rings. The van der Waals surface area contributed by atoms with Crippen LogP contribution in [0.15, 0.2) is 16.4 Å². The third-order valence-corrected chi connectivity index (χ3v) is 2.94. The second-order valence-corrected chi connectivity index (χ2v) is 4.25. The molecule has 1 rings (SSSR count). The molecule has 0 radical (unpaired) electrons. The van der Waals surface area contributed by atoms with Crippen LogP contribution < -0.4 is 14.9 Å². The monoisotopic (exact) mass is 265 g/mol. The summed E-state index contributed by atoms with van der Waals surface area (Å²) >= 11 is 0. The molecular weight excluding hydrogens is 246 g/mol. The number of methoxy groups -OCH3 is 2. The van der Waals surface area contributed by atoms with E-state index in [1.54, 1.807) is 6.92 Å². The smallest absolute Gasteiger partial charge is 0.238 e. The number of ether oxygens (including phenoxy) is 2. The molecule has 1 aromatic heterocycles. The maximum atomic E-state index is 12.1. The highest BCUT2D eigenvalue weighted by Crippen LogP contribution is 2.21. The Bertz CT molecular complexity index is 543. The molecule has 0 amide bonds. The predicted molar refractivity (Wildman–Crippen MR) is 73.0 cm³/mol. The molecule has 5 nitrogen and oxygen atoms in total. The van der Waals surface area contributed by atoms with E-state index >= 15 is 0 Å². The molecule has 0 saturated heterocycles. The van der Waals surface area contributed by atoms with Crippen LogP contribution >= 0.6 is 0 Å². The van der Waals surface area contributed by atoms with Crippen molar-refractivity contribution in [2.45, 2.75) is 26.7 Å². The van der Waals surface area contributed by atoms with E-state index in [4.69, 9.17) is 9.47 Å². The van der Waals surface area contributed by atoms with Crippen molar-refractivity contribution < 1.29 is 14.3 Å². The van der Waals surface area contributed by atoms with Gasteiger partial charge in [0.2, 0.25) is 17.1 Å². The van der Waals surface area contributed by atoms with Crippen molar-refractivity contribution in [3.05, 3.63) is 33.1 Å². The van der Waals surface area contributed by atoms with Crippen LogP contribution in [0.5, 0.6) is 11.6 Å². The fourth-order valence-electron chi connectivity index (χ4n) is 1.72. The Morgan fingerprint density at radius 1 is 1.32 bits per heavy atom. The molecule has 0 aliphatic heterocycles. The summed E-state index contributed by atoms with van der Waals surface area (Å²) in [6.45, 7) is 3.61. The second kappa shape index (κ2) is 6.78. The lowest BCUT2D eigenvalue weighted by Gasteiger charge is -2.11. The Kier molecular flexibility index (Phi) is 5.36. The van der Waals surface area contributed by atoms with Crippen molar-refractivity contribution in [3.63, 3.8) is 0 Å². The van der Waals surface area contributed by atoms with Gasteiger partial charge in [0.1, 0.15) is 6.29 Å². The summed E-state index contributed by atoms with van der Waals surface area (Å²) in [6.07, 6.45) is 3.71. The van der Waals surface area contributed by atoms with Crippen LogP contribution in [0.3, 0.4) is 0 Å². The Morgan fingerprint density at radius 3 is 2.53 bits per heavy atom. The number of carbonyl (C=O) groups excluding carboxylic acids is 1. The minimum Gasteiger partial charge on any atom is -0.488 e. The van der Waals surface area contributed by atoms with Crippen LogP contribution in [0, 0.1) is 6.92 Å². The molecule has 0 bridgehead atoms. The number of hydrogen-bond donors (Lipinski definition) is 1. The lowest BCUT2D eigenvalue weighted by atomic mass is 10.1.